The predicted molar refractivity (Wildman–Crippen MR) is 115 cm³/mol. The lowest BCUT2D eigenvalue weighted by molar-refractivity contribution is 0.367. The lowest BCUT2D eigenvalue weighted by Gasteiger charge is -2.28. The third-order valence-corrected chi connectivity index (χ3v) is 5.57. The SMILES string of the molecule is CN(C)c1ccc(N(Cc2ccccc2)P(=O)(O)O)c(Cc2ccccc2)c1. The fraction of sp³-hybridized carbons (Fsp3) is 0.182. The summed E-state index contributed by atoms with van der Waals surface area (Å²) in [5.74, 6) is 0. The van der Waals surface area contributed by atoms with Crippen molar-refractivity contribution in [2.24, 2.45) is 0 Å². The molecule has 3 aromatic carbocycles. The van der Waals surface area contributed by atoms with E-state index in [9.17, 15) is 14.4 Å². The second-order valence-electron chi connectivity index (χ2n) is 6.93. The average Bonchev–Trinajstić information content (AvgIpc) is 2.67. The van der Waals surface area contributed by atoms with Gasteiger partial charge in [-0.25, -0.2) is 4.57 Å². The summed E-state index contributed by atoms with van der Waals surface area (Å²) in [5, 5.41) is 0. The zero-order valence-corrected chi connectivity index (χ0v) is 17.0. The maximum Gasteiger partial charge on any atom is 0.430 e. The molecule has 28 heavy (non-hydrogen) atoms. The monoisotopic (exact) mass is 396 g/mol. The minimum absolute atomic E-state index is 0.133. The molecule has 0 bridgehead atoms. The Morgan fingerprint density at radius 2 is 1.39 bits per heavy atom. The number of rotatable bonds is 7. The maximum absolute atomic E-state index is 12.4. The van der Waals surface area contributed by atoms with Gasteiger partial charge in [-0.05, 0) is 41.3 Å². The van der Waals surface area contributed by atoms with Crippen LogP contribution in [-0.2, 0) is 17.5 Å². The summed E-state index contributed by atoms with van der Waals surface area (Å²) in [6.07, 6.45) is 0.586. The second kappa shape index (κ2) is 8.61. The van der Waals surface area contributed by atoms with Crippen molar-refractivity contribution < 1.29 is 14.4 Å². The zero-order valence-electron chi connectivity index (χ0n) is 16.1. The van der Waals surface area contributed by atoms with Crippen LogP contribution in [0.4, 0.5) is 11.4 Å². The highest BCUT2D eigenvalue weighted by atomic mass is 31.2. The average molecular weight is 396 g/mol. The van der Waals surface area contributed by atoms with Gasteiger partial charge in [-0.15, -0.1) is 0 Å². The van der Waals surface area contributed by atoms with Crippen LogP contribution in [0.1, 0.15) is 16.7 Å². The van der Waals surface area contributed by atoms with E-state index in [0.29, 0.717) is 12.1 Å². The zero-order chi connectivity index (χ0) is 20.1. The number of anilines is 2. The first-order valence-corrected chi connectivity index (χ1v) is 10.6. The summed E-state index contributed by atoms with van der Waals surface area (Å²) < 4.78 is 13.6. The van der Waals surface area contributed by atoms with Crippen molar-refractivity contribution in [2.45, 2.75) is 13.0 Å². The molecule has 3 rings (SSSR count). The molecule has 0 heterocycles. The molecule has 0 aliphatic heterocycles. The number of hydrogen-bond donors (Lipinski definition) is 2. The molecule has 0 aliphatic rings. The van der Waals surface area contributed by atoms with Crippen molar-refractivity contribution in [2.75, 3.05) is 23.7 Å². The molecule has 146 valence electrons. The molecule has 6 heteroatoms. The normalized spacial score (nSPS) is 11.3. The summed E-state index contributed by atoms with van der Waals surface area (Å²) in [6, 6.07) is 25.0. The van der Waals surface area contributed by atoms with Gasteiger partial charge in [-0.2, -0.15) is 0 Å². The highest BCUT2D eigenvalue weighted by molar-refractivity contribution is 7.53. The first kappa shape index (κ1) is 20.2. The molecule has 0 saturated heterocycles. The lowest BCUT2D eigenvalue weighted by atomic mass is 10.0. The number of benzene rings is 3. The fourth-order valence-corrected chi connectivity index (χ4v) is 3.96. The van der Waals surface area contributed by atoms with Crippen molar-refractivity contribution in [1.82, 2.24) is 0 Å². The van der Waals surface area contributed by atoms with Crippen LogP contribution in [0.2, 0.25) is 0 Å². The largest absolute Gasteiger partial charge is 0.430 e. The van der Waals surface area contributed by atoms with Crippen LogP contribution in [-0.4, -0.2) is 23.9 Å². The molecule has 0 saturated carbocycles. The van der Waals surface area contributed by atoms with Crippen molar-refractivity contribution >= 4 is 19.1 Å². The van der Waals surface area contributed by atoms with Crippen LogP contribution in [0, 0.1) is 0 Å². The van der Waals surface area contributed by atoms with E-state index in [2.05, 4.69) is 0 Å². The van der Waals surface area contributed by atoms with Crippen LogP contribution >= 0.6 is 7.75 Å². The molecule has 3 aromatic rings. The predicted octanol–water partition coefficient (Wildman–Crippen LogP) is 4.44. The van der Waals surface area contributed by atoms with E-state index in [1.807, 2.05) is 91.8 Å². The molecule has 0 atom stereocenters. The van der Waals surface area contributed by atoms with Crippen molar-refractivity contribution in [3.8, 4) is 0 Å². The van der Waals surface area contributed by atoms with Gasteiger partial charge in [0, 0.05) is 19.8 Å². The molecule has 5 nitrogen and oxygen atoms in total. The van der Waals surface area contributed by atoms with E-state index in [4.69, 9.17) is 0 Å². The Balaban J connectivity index is 2.06. The van der Waals surface area contributed by atoms with E-state index in [-0.39, 0.29) is 6.54 Å². The van der Waals surface area contributed by atoms with Crippen LogP contribution in [0.15, 0.2) is 78.9 Å². The maximum atomic E-state index is 12.4. The van der Waals surface area contributed by atoms with Gasteiger partial charge >= 0.3 is 7.75 Å². The molecule has 0 spiro atoms. The Morgan fingerprint density at radius 1 is 0.821 bits per heavy atom. The van der Waals surface area contributed by atoms with Crippen LogP contribution in [0.5, 0.6) is 0 Å². The number of hydrogen-bond acceptors (Lipinski definition) is 2. The van der Waals surface area contributed by atoms with Crippen LogP contribution < -0.4 is 9.57 Å². The Bertz CT molecular complexity index is 956. The van der Waals surface area contributed by atoms with Crippen LogP contribution in [0.25, 0.3) is 0 Å². The van der Waals surface area contributed by atoms with E-state index in [1.54, 1.807) is 6.07 Å². The summed E-state index contributed by atoms with van der Waals surface area (Å²) in [7, 11) is -0.613. The Hall–Kier alpha value is -2.59. The quantitative estimate of drug-likeness (QED) is 0.578. The Labute approximate surface area is 166 Å². The molecular formula is C22H25N2O3P. The highest BCUT2D eigenvalue weighted by Crippen LogP contribution is 2.47. The molecule has 0 amide bonds. The molecule has 0 unspecified atom stereocenters. The van der Waals surface area contributed by atoms with Gasteiger partial charge in [0.25, 0.3) is 0 Å². The minimum atomic E-state index is -4.51. The van der Waals surface area contributed by atoms with E-state index >= 15 is 0 Å². The van der Waals surface area contributed by atoms with Gasteiger partial charge in [0.15, 0.2) is 0 Å². The first-order chi connectivity index (χ1) is 13.3. The summed E-state index contributed by atoms with van der Waals surface area (Å²) >= 11 is 0. The summed E-state index contributed by atoms with van der Waals surface area (Å²) in [5.41, 5.74) is 4.33. The molecule has 0 aromatic heterocycles. The van der Waals surface area contributed by atoms with E-state index < -0.39 is 7.75 Å². The van der Waals surface area contributed by atoms with Gasteiger partial charge in [0.1, 0.15) is 0 Å². The van der Waals surface area contributed by atoms with Gasteiger partial charge < -0.3 is 14.7 Å². The van der Waals surface area contributed by atoms with E-state index in [0.717, 1.165) is 22.4 Å². The van der Waals surface area contributed by atoms with E-state index in [1.165, 1.54) is 4.67 Å². The van der Waals surface area contributed by atoms with Gasteiger partial charge in [0.2, 0.25) is 0 Å². The highest BCUT2D eigenvalue weighted by Gasteiger charge is 2.28. The summed E-state index contributed by atoms with van der Waals surface area (Å²) in [6.45, 7) is 0.133. The third kappa shape index (κ3) is 5.02. The van der Waals surface area contributed by atoms with Gasteiger partial charge in [-0.3, -0.25) is 4.67 Å². The van der Waals surface area contributed by atoms with Crippen molar-refractivity contribution in [3.63, 3.8) is 0 Å². The summed E-state index contributed by atoms with van der Waals surface area (Å²) in [4.78, 5) is 22.2. The molecule has 0 aliphatic carbocycles. The molecular weight excluding hydrogens is 371 g/mol. The second-order valence-corrected chi connectivity index (χ2v) is 8.44. The fourth-order valence-electron chi connectivity index (χ4n) is 3.13. The number of nitrogens with zero attached hydrogens (tertiary/aromatic N) is 2. The standard InChI is InChI=1S/C22H25N2O3P/c1-23(2)21-13-14-22(20(16-21)15-18-9-5-3-6-10-18)24(28(25,26)27)17-19-11-7-4-8-12-19/h3-14,16H,15,17H2,1-2H3,(H2,25,26,27). The van der Waals surface area contributed by atoms with Crippen LogP contribution in [0.3, 0.4) is 0 Å². The molecule has 0 radical (unpaired) electrons. The molecule has 2 N–H and O–H groups in total. The van der Waals surface area contributed by atoms with Crippen molar-refractivity contribution in [3.05, 3.63) is 95.6 Å². The third-order valence-electron chi connectivity index (χ3n) is 4.58. The first-order valence-electron chi connectivity index (χ1n) is 9.06. The minimum Gasteiger partial charge on any atom is -0.378 e. The Kier molecular flexibility index (Phi) is 6.20. The van der Waals surface area contributed by atoms with Gasteiger partial charge in [0.05, 0.1) is 12.2 Å². The van der Waals surface area contributed by atoms with Crippen molar-refractivity contribution in [1.29, 1.82) is 0 Å². The van der Waals surface area contributed by atoms with Gasteiger partial charge in [-0.1, -0.05) is 60.7 Å². The smallest absolute Gasteiger partial charge is 0.378 e. The Morgan fingerprint density at radius 3 is 1.93 bits per heavy atom. The lowest BCUT2D eigenvalue weighted by Crippen LogP contribution is -2.21. The molecule has 0 fully saturated rings. The topological polar surface area (TPSA) is 64.0 Å².